The van der Waals surface area contributed by atoms with Gasteiger partial charge in [-0.15, -0.1) is 0 Å². The van der Waals surface area contributed by atoms with E-state index in [0.717, 1.165) is 23.4 Å². The zero-order chi connectivity index (χ0) is 21.4. The van der Waals surface area contributed by atoms with E-state index in [1.807, 2.05) is 38.1 Å². The lowest BCUT2D eigenvalue weighted by Crippen LogP contribution is -2.30. The number of rotatable bonds is 5. The van der Waals surface area contributed by atoms with E-state index in [9.17, 15) is 27.9 Å². The van der Waals surface area contributed by atoms with Crippen LogP contribution in [0.2, 0.25) is 0 Å². The van der Waals surface area contributed by atoms with E-state index in [2.05, 4.69) is 0 Å². The third kappa shape index (κ3) is 4.20. The second-order valence-electron chi connectivity index (χ2n) is 7.28. The molecule has 0 unspecified atom stereocenters. The summed E-state index contributed by atoms with van der Waals surface area (Å²) in [5.41, 5.74) is 1.96. The molecule has 1 heterocycles. The van der Waals surface area contributed by atoms with Crippen molar-refractivity contribution in [2.45, 2.75) is 19.3 Å². The van der Waals surface area contributed by atoms with Crippen molar-refractivity contribution in [2.75, 3.05) is 17.2 Å². The summed E-state index contributed by atoms with van der Waals surface area (Å²) in [4.78, 5) is 24.3. The van der Waals surface area contributed by atoms with Crippen molar-refractivity contribution in [2.24, 2.45) is 0 Å². The third-order valence-corrected chi connectivity index (χ3v) is 5.70. The zero-order valence-corrected chi connectivity index (χ0v) is 16.7. The van der Waals surface area contributed by atoms with Crippen LogP contribution >= 0.6 is 0 Å². The van der Waals surface area contributed by atoms with Gasteiger partial charge in [-0.05, 0) is 29.9 Å². The van der Waals surface area contributed by atoms with Gasteiger partial charge < -0.3 is 4.90 Å². The number of hydrogen-bond donors (Lipinski definition) is 1. The highest BCUT2D eigenvalue weighted by Crippen LogP contribution is 2.47. The molecule has 0 saturated carbocycles. The molecule has 29 heavy (non-hydrogen) atoms. The molecule has 0 amide bonds. The Hall–Kier alpha value is -3.04. The Morgan fingerprint density at radius 3 is 2.55 bits per heavy atom. The van der Waals surface area contributed by atoms with Gasteiger partial charge in [0.15, 0.2) is 5.78 Å². The fraction of sp³-hybridized carbons (Fsp3) is 0.250. The van der Waals surface area contributed by atoms with Gasteiger partial charge in [0.1, 0.15) is 0 Å². The number of anilines is 1. The van der Waals surface area contributed by atoms with Gasteiger partial charge in [0, 0.05) is 41.1 Å². The monoisotopic (exact) mass is 416 g/mol. The molecule has 2 aliphatic rings. The van der Waals surface area contributed by atoms with Crippen LogP contribution < -0.4 is 4.90 Å². The summed E-state index contributed by atoms with van der Waals surface area (Å²) in [5.74, 6) is -0.816. The van der Waals surface area contributed by atoms with E-state index in [4.69, 9.17) is 0 Å². The molecule has 1 aliphatic carbocycles. The van der Waals surface area contributed by atoms with E-state index >= 15 is 0 Å². The highest BCUT2D eigenvalue weighted by molar-refractivity contribution is 7.85. The molecule has 0 bridgehead atoms. The maximum Gasteiger partial charge on any atom is 0.270 e. The molecule has 0 aromatic heterocycles. The first kappa shape index (κ1) is 20.7. The lowest BCUT2D eigenvalue weighted by atomic mass is 9.83. The van der Waals surface area contributed by atoms with Crippen LogP contribution in [0.4, 0.5) is 5.69 Å². The normalized spacial score (nSPS) is 20.9. The molecule has 0 radical (unpaired) electrons. The average molecular weight is 416 g/mol. The Balaban J connectivity index is 2.06. The average Bonchev–Trinajstić information content (AvgIpc) is 2.85. The fourth-order valence-electron chi connectivity index (χ4n) is 3.54. The number of hydrogen-bond acceptors (Lipinski definition) is 6. The van der Waals surface area contributed by atoms with Crippen molar-refractivity contribution in [3.05, 3.63) is 87.3 Å². The molecule has 0 saturated heterocycles. The smallest absolute Gasteiger partial charge is 0.270 e. The highest BCUT2D eigenvalue weighted by Gasteiger charge is 2.39. The molecule has 3 rings (SSSR count). The quantitative estimate of drug-likeness (QED) is 0.339. The maximum atomic E-state index is 12.1. The van der Waals surface area contributed by atoms with Gasteiger partial charge in [-0.2, -0.15) is 8.42 Å². The number of allylic oxidation sites excluding steroid dienone is 7. The number of ketones is 1. The Labute approximate surface area is 168 Å². The van der Waals surface area contributed by atoms with Crippen molar-refractivity contribution < 1.29 is 22.7 Å². The molecular formula is C20H20N2O6S. The molecule has 1 aromatic carbocycles. The number of benzene rings is 1. The standard InChI is InChI=1S/C20H20N2O6S/c1-20(2)16-5-3-4-6-17(16)21(11-12-29(26,27)28)19(20)10-7-14-13-15(22(24)25)8-9-18(14)23/h3-10,13H,11-12H2,1-2H3,(H,26,27,28). The first-order valence-electron chi connectivity index (χ1n) is 8.84. The summed E-state index contributed by atoms with van der Waals surface area (Å²) >= 11 is 0. The Morgan fingerprint density at radius 1 is 1.21 bits per heavy atom. The predicted molar refractivity (Wildman–Crippen MR) is 109 cm³/mol. The van der Waals surface area contributed by atoms with E-state index in [1.54, 1.807) is 11.0 Å². The van der Waals surface area contributed by atoms with Crippen LogP contribution in [0.15, 0.2) is 71.6 Å². The number of fused-ring (bicyclic) bond motifs is 1. The fourth-order valence-corrected chi connectivity index (χ4v) is 3.95. The van der Waals surface area contributed by atoms with Crippen molar-refractivity contribution in [1.82, 2.24) is 0 Å². The molecule has 8 nitrogen and oxygen atoms in total. The Bertz CT molecular complexity index is 1110. The van der Waals surface area contributed by atoms with Gasteiger partial charge in [0.25, 0.3) is 15.8 Å². The second kappa shape index (κ2) is 7.41. The van der Waals surface area contributed by atoms with Crippen LogP contribution in [0.1, 0.15) is 19.4 Å². The number of nitrogens with zero attached hydrogens (tertiary/aromatic N) is 2. The van der Waals surface area contributed by atoms with E-state index < -0.39 is 26.2 Å². The van der Waals surface area contributed by atoms with Crippen molar-refractivity contribution in [1.29, 1.82) is 0 Å². The summed E-state index contributed by atoms with van der Waals surface area (Å²) < 4.78 is 31.8. The number of carbonyl (C=O) groups excluding carboxylic acids is 1. The first-order chi connectivity index (χ1) is 13.5. The third-order valence-electron chi connectivity index (χ3n) is 5.00. The summed E-state index contributed by atoms with van der Waals surface area (Å²) in [7, 11) is -4.17. The number of nitro groups is 1. The van der Waals surface area contributed by atoms with E-state index in [0.29, 0.717) is 5.70 Å². The summed E-state index contributed by atoms with van der Waals surface area (Å²) in [6.45, 7) is 3.95. The van der Waals surface area contributed by atoms with Gasteiger partial charge in [-0.25, -0.2) is 0 Å². The maximum absolute atomic E-state index is 12.1. The Morgan fingerprint density at radius 2 is 1.90 bits per heavy atom. The number of para-hydroxylation sites is 1. The molecule has 1 aliphatic heterocycles. The number of carbonyl (C=O) groups is 1. The lowest BCUT2D eigenvalue weighted by Gasteiger charge is -2.26. The largest absolute Gasteiger partial charge is 0.343 e. The van der Waals surface area contributed by atoms with Crippen LogP contribution in [-0.2, 0) is 20.3 Å². The van der Waals surface area contributed by atoms with Crippen LogP contribution in [-0.4, -0.2) is 36.0 Å². The predicted octanol–water partition coefficient (Wildman–Crippen LogP) is 2.78. The Kier molecular flexibility index (Phi) is 5.29. The van der Waals surface area contributed by atoms with Gasteiger partial charge in [0.2, 0.25) is 0 Å². The minimum absolute atomic E-state index is 0.0259. The summed E-state index contributed by atoms with van der Waals surface area (Å²) in [5, 5.41) is 11.0. The summed E-state index contributed by atoms with van der Waals surface area (Å²) in [6, 6.07) is 7.50. The van der Waals surface area contributed by atoms with Gasteiger partial charge in [-0.1, -0.05) is 32.0 Å². The zero-order valence-electron chi connectivity index (χ0n) is 15.9. The highest BCUT2D eigenvalue weighted by atomic mass is 32.2. The van der Waals surface area contributed by atoms with Crippen molar-refractivity contribution in [3.63, 3.8) is 0 Å². The minimum Gasteiger partial charge on any atom is -0.343 e. The molecule has 1 aromatic rings. The first-order valence-corrected chi connectivity index (χ1v) is 10.4. The second-order valence-corrected chi connectivity index (χ2v) is 8.85. The van der Waals surface area contributed by atoms with Crippen LogP contribution in [0.25, 0.3) is 0 Å². The SMILES string of the molecule is CC1(C)C(=CC=C2C=C([N+](=O)[O-])C=CC2=O)N(CCS(=O)(=O)O)c2ccccc21. The summed E-state index contributed by atoms with van der Waals surface area (Å²) in [6.07, 6.45) is 6.67. The van der Waals surface area contributed by atoms with Crippen molar-refractivity contribution in [3.8, 4) is 0 Å². The minimum atomic E-state index is -4.17. The topological polar surface area (TPSA) is 118 Å². The molecule has 1 N–H and O–H groups in total. The van der Waals surface area contributed by atoms with Gasteiger partial charge in [-0.3, -0.25) is 19.5 Å². The van der Waals surface area contributed by atoms with E-state index in [-0.39, 0.29) is 23.6 Å². The molecule has 0 fully saturated rings. The van der Waals surface area contributed by atoms with Crippen LogP contribution in [0, 0.1) is 10.1 Å². The van der Waals surface area contributed by atoms with Crippen LogP contribution in [0.3, 0.4) is 0 Å². The lowest BCUT2D eigenvalue weighted by molar-refractivity contribution is -0.419. The van der Waals surface area contributed by atoms with Gasteiger partial charge in [0.05, 0.1) is 10.7 Å². The van der Waals surface area contributed by atoms with Gasteiger partial charge >= 0.3 is 0 Å². The molecule has 152 valence electrons. The molecule has 9 heteroatoms. The molecule has 0 atom stereocenters. The molecular weight excluding hydrogens is 396 g/mol. The molecule has 0 spiro atoms. The van der Waals surface area contributed by atoms with Crippen LogP contribution in [0.5, 0.6) is 0 Å². The van der Waals surface area contributed by atoms with E-state index in [1.165, 1.54) is 12.2 Å². The van der Waals surface area contributed by atoms with Crippen molar-refractivity contribution >= 4 is 21.6 Å².